The van der Waals surface area contributed by atoms with Crippen LogP contribution in [0.4, 0.5) is 4.39 Å². The summed E-state index contributed by atoms with van der Waals surface area (Å²) >= 11 is 0. The van der Waals surface area contributed by atoms with E-state index in [0.29, 0.717) is 6.20 Å². The molecule has 0 aliphatic rings. The van der Waals surface area contributed by atoms with Crippen molar-refractivity contribution in [1.82, 2.24) is 9.55 Å². The minimum atomic E-state index is -3.49. The first-order chi connectivity index (χ1) is 8.91. The van der Waals surface area contributed by atoms with Crippen LogP contribution in [0.5, 0.6) is 0 Å². The predicted molar refractivity (Wildman–Crippen MR) is 67.5 cm³/mol. The van der Waals surface area contributed by atoms with Gasteiger partial charge in [0, 0.05) is 12.0 Å². The molecule has 0 aromatic carbocycles. The summed E-state index contributed by atoms with van der Waals surface area (Å²) in [6.45, 7) is 3.56. The Morgan fingerprint density at radius 1 is 1.37 bits per heavy atom. The molecule has 0 saturated carbocycles. The average Bonchev–Trinajstić information content (AvgIpc) is 2.33. The molecule has 0 saturated heterocycles. The van der Waals surface area contributed by atoms with Gasteiger partial charge in [-0.25, -0.2) is 4.79 Å². The zero-order chi connectivity index (χ0) is 14.5. The lowest BCUT2D eigenvalue weighted by Gasteiger charge is -2.12. The van der Waals surface area contributed by atoms with Crippen molar-refractivity contribution in [3.05, 3.63) is 38.7 Å². The standard InChI is InChI=1S/C10H14FN2O5P/c1-3-17-19(16,18-4-2)6-5-13-7-8(11)9(14)12-10(13)15/h5-7H,3-4H2,1-2H3,(H,12,14,15)/b6-5+. The lowest BCUT2D eigenvalue weighted by Crippen LogP contribution is -2.28. The van der Waals surface area contributed by atoms with Gasteiger partial charge in [-0.05, 0) is 13.8 Å². The first kappa shape index (κ1) is 15.6. The summed E-state index contributed by atoms with van der Waals surface area (Å²) in [5.74, 6) is -0.106. The molecule has 0 fully saturated rings. The molecule has 19 heavy (non-hydrogen) atoms. The van der Waals surface area contributed by atoms with Crippen LogP contribution in [0.15, 0.2) is 21.6 Å². The molecular formula is C10H14FN2O5P. The van der Waals surface area contributed by atoms with E-state index in [9.17, 15) is 18.5 Å². The highest BCUT2D eigenvalue weighted by Crippen LogP contribution is 2.49. The van der Waals surface area contributed by atoms with Crippen LogP contribution in [-0.4, -0.2) is 22.8 Å². The smallest absolute Gasteiger partial charge is 0.306 e. The molecule has 7 nitrogen and oxygen atoms in total. The zero-order valence-corrected chi connectivity index (χ0v) is 11.4. The van der Waals surface area contributed by atoms with Gasteiger partial charge >= 0.3 is 13.3 Å². The number of H-pyrrole nitrogens is 1. The molecule has 9 heteroatoms. The Kier molecular flexibility index (Phi) is 5.41. The fraction of sp³-hybridized carbons (Fsp3) is 0.400. The maximum Gasteiger partial charge on any atom is 0.355 e. The van der Waals surface area contributed by atoms with E-state index in [1.165, 1.54) is 0 Å². The van der Waals surface area contributed by atoms with Crippen LogP contribution in [0, 0.1) is 5.82 Å². The molecule has 0 aliphatic heterocycles. The van der Waals surface area contributed by atoms with Gasteiger partial charge in [-0.3, -0.25) is 18.9 Å². The minimum Gasteiger partial charge on any atom is -0.306 e. The molecule has 1 rings (SSSR count). The topological polar surface area (TPSA) is 90.4 Å². The van der Waals surface area contributed by atoms with Gasteiger partial charge < -0.3 is 9.05 Å². The van der Waals surface area contributed by atoms with Crippen molar-refractivity contribution in [2.75, 3.05) is 13.2 Å². The lowest BCUT2D eigenvalue weighted by atomic mass is 10.6. The van der Waals surface area contributed by atoms with Crippen molar-refractivity contribution in [1.29, 1.82) is 0 Å². The summed E-state index contributed by atoms with van der Waals surface area (Å²) in [6.07, 6.45) is 1.70. The van der Waals surface area contributed by atoms with Gasteiger partial charge in [0.25, 0.3) is 5.56 Å². The maximum absolute atomic E-state index is 13.0. The molecule has 1 aromatic heterocycles. The van der Waals surface area contributed by atoms with Gasteiger partial charge in [0.2, 0.25) is 5.82 Å². The molecule has 0 bridgehead atoms. The third-order valence-electron chi connectivity index (χ3n) is 1.95. The molecule has 0 spiro atoms. The van der Waals surface area contributed by atoms with Crippen LogP contribution in [0.25, 0.3) is 6.20 Å². The van der Waals surface area contributed by atoms with Gasteiger partial charge in [-0.2, -0.15) is 4.39 Å². The van der Waals surface area contributed by atoms with E-state index in [0.717, 1.165) is 16.6 Å². The minimum absolute atomic E-state index is 0.149. The summed E-state index contributed by atoms with van der Waals surface area (Å²) in [5, 5.41) is 0. The Morgan fingerprint density at radius 3 is 2.47 bits per heavy atom. The normalized spacial score (nSPS) is 12.2. The van der Waals surface area contributed by atoms with E-state index in [1.54, 1.807) is 18.8 Å². The summed E-state index contributed by atoms with van der Waals surface area (Å²) in [7, 11) is -3.49. The van der Waals surface area contributed by atoms with E-state index in [4.69, 9.17) is 9.05 Å². The fourth-order valence-corrected chi connectivity index (χ4v) is 2.48. The highest BCUT2D eigenvalue weighted by Gasteiger charge is 2.19. The number of aromatic amines is 1. The third kappa shape index (κ3) is 4.27. The second kappa shape index (κ2) is 6.60. The van der Waals surface area contributed by atoms with E-state index in [2.05, 4.69) is 0 Å². The number of nitrogens with zero attached hydrogens (tertiary/aromatic N) is 1. The van der Waals surface area contributed by atoms with Crippen LogP contribution in [-0.2, 0) is 13.6 Å². The predicted octanol–water partition coefficient (Wildman–Crippen LogP) is 1.37. The number of rotatable bonds is 6. The molecule has 0 amide bonds. The first-order valence-electron chi connectivity index (χ1n) is 5.51. The molecule has 0 atom stereocenters. The average molecular weight is 292 g/mol. The molecule has 0 radical (unpaired) electrons. The van der Waals surface area contributed by atoms with Crippen molar-refractivity contribution in [3.63, 3.8) is 0 Å². The number of hydrogen-bond acceptors (Lipinski definition) is 5. The molecule has 1 heterocycles. The quantitative estimate of drug-likeness (QED) is 0.800. The van der Waals surface area contributed by atoms with E-state index >= 15 is 0 Å². The van der Waals surface area contributed by atoms with Gasteiger partial charge in [-0.1, -0.05) is 0 Å². The van der Waals surface area contributed by atoms with E-state index < -0.39 is 24.7 Å². The van der Waals surface area contributed by atoms with Gasteiger partial charge in [0.15, 0.2) is 0 Å². The second-order valence-corrected chi connectivity index (χ2v) is 5.21. The highest BCUT2D eigenvalue weighted by molar-refractivity contribution is 7.57. The number of halogens is 1. The second-order valence-electron chi connectivity index (χ2n) is 3.32. The Labute approximate surface area is 108 Å². The van der Waals surface area contributed by atoms with Gasteiger partial charge in [-0.15, -0.1) is 0 Å². The van der Waals surface area contributed by atoms with Gasteiger partial charge in [0.05, 0.1) is 19.4 Å². The van der Waals surface area contributed by atoms with E-state index in [1.807, 2.05) is 0 Å². The van der Waals surface area contributed by atoms with Crippen molar-refractivity contribution in [3.8, 4) is 0 Å². The van der Waals surface area contributed by atoms with Crippen molar-refractivity contribution in [2.45, 2.75) is 13.8 Å². The summed E-state index contributed by atoms with van der Waals surface area (Å²) in [5.41, 5.74) is -1.98. The van der Waals surface area contributed by atoms with Crippen molar-refractivity contribution in [2.24, 2.45) is 0 Å². The molecular weight excluding hydrogens is 278 g/mol. The van der Waals surface area contributed by atoms with Crippen molar-refractivity contribution < 1.29 is 18.0 Å². The highest BCUT2D eigenvalue weighted by atomic mass is 31.2. The summed E-state index contributed by atoms with van der Waals surface area (Å²) < 4.78 is 35.7. The number of aromatic nitrogens is 2. The van der Waals surface area contributed by atoms with Gasteiger partial charge in [0.1, 0.15) is 0 Å². The SMILES string of the molecule is CCOP(=O)(/C=C/n1cc(F)c(=O)[nH]c1=O)OCC. The molecule has 1 aromatic rings. The Hall–Kier alpha value is -1.50. The lowest BCUT2D eigenvalue weighted by molar-refractivity contribution is 0.229. The molecule has 106 valence electrons. The van der Waals surface area contributed by atoms with Crippen LogP contribution in [0.1, 0.15) is 13.8 Å². The maximum atomic E-state index is 13.0. The number of hydrogen-bond donors (Lipinski definition) is 1. The van der Waals surface area contributed by atoms with Crippen LogP contribution >= 0.6 is 7.60 Å². The summed E-state index contributed by atoms with van der Waals surface area (Å²) in [4.78, 5) is 23.9. The Balaban J connectivity index is 3.09. The van der Waals surface area contributed by atoms with Crippen LogP contribution in [0.2, 0.25) is 0 Å². The molecule has 1 N–H and O–H groups in total. The molecule has 0 aliphatic carbocycles. The zero-order valence-electron chi connectivity index (χ0n) is 10.5. The number of nitrogens with one attached hydrogen (secondary N) is 1. The first-order valence-corrected chi connectivity index (χ1v) is 7.12. The Bertz CT molecular complexity index is 611. The fourth-order valence-electron chi connectivity index (χ4n) is 1.21. The third-order valence-corrected chi connectivity index (χ3v) is 3.69. The van der Waals surface area contributed by atoms with Crippen molar-refractivity contribution >= 4 is 13.8 Å². The Morgan fingerprint density at radius 2 is 1.95 bits per heavy atom. The van der Waals surface area contributed by atoms with Crippen LogP contribution < -0.4 is 11.2 Å². The summed E-state index contributed by atoms with van der Waals surface area (Å²) in [6, 6.07) is 0. The van der Waals surface area contributed by atoms with Crippen LogP contribution in [0.3, 0.4) is 0 Å². The monoisotopic (exact) mass is 292 g/mol. The largest absolute Gasteiger partial charge is 0.355 e. The molecule has 0 unspecified atom stereocenters. The van der Waals surface area contributed by atoms with E-state index in [-0.39, 0.29) is 13.2 Å².